The van der Waals surface area contributed by atoms with Gasteiger partial charge >= 0.3 is 0 Å². The summed E-state index contributed by atoms with van der Waals surface area (Å²) in [6, 6.07) is 24.0. The zero-order chi connectivity index (χ0) is 24.0. The molecule has 0 atom stereocenters. The van der Waals surface area contributed by atoms with E-state index < -0.39 is 5.54 Å². The second kappa shape index (κ2) is 11.2. The van der Waals surface area contributed by atoms with E-state index in [0.29, 0.717) is 5.92 Å². The van der Waals surface area contributed by atoms with Gasteiger partial charge in [0.2, 0.25) is 0 Å². The summed E-state index contributed by atoms with van der Waals surface area (Å²) >= 11 is 0. The van der Waals surface area contributed by atoms with E-state index in [4.69, 9.17) is 0 Å². The van der Waals surface area contributed by atoms with Crippen molar-refractivity contribution < 1.29 is 8.78 Å². The second-order valence-corrected chi connectivity index (χ2v) is 9.74. The van der Waals surface area contributed by atoms with Crippen LogP contribution in [-0.4, -0.2) is 49.1 Å². The van der Waals surface area contributed by atoms with Gasteiger partial charge in [-0.1, -0.05) is 68.4 Å². The summed E-state index contributed by atoms with van der Waals surface area (Å²) in [5.41, 5.74) is 2.81. The van der Waals surface area contributed by atoms with Gasteiger partial charge in [0.15, 0.2) is 0 Å². The molecule has 1 aliphatic rings. The van der Waals surface area contributed by atoms with Crippen molar-refractivity contribution in [3.8, 4) is 0 Å². The fraction of sp³-hybridized carbons (Fsp3) is 0.379. The van der Waals surface area contributed by atoms with Gasteiger partial charge in [0.1, 0.15) is 11.6 Å². The molecular weight excluding hydrogens is 428 g/mol. The quantitative estimate of drug-likeness (QED) is 0.466. The summed E-state index contributed by atoms with van der Waals surface area (Å²) in [6.07, 6.45) is 0. The predicted octanol–water partition coefficient (Wildman–Crippen LogP) is 5.27. The third kappa shape index (κ3) is 6.09. The monoisotopic (exact) mass is 463 g/mol. The van der Waals surface area contributed by atoms with Crippen LogP contribution < -0.4 is 5.32 Å². The van der Waals surface area contributed by atoms with E-state index in [-0.39, 0.29) is 11.6 Å². The molecule has 0 spiro atoms. The van der Waals surface area contributed by atoms with Gasteiger partial charge in [0.05, 0.1) is 5.54 Å². The summed E-state index contributed by atoms with van der Waals surface area (Å²) in [5, 5.41) is 3.69. The molecule has 1 N–H and O–H groups in total. The van der Waals surface area contributed by atoms with Crippen LogP contribution in [0.2, 0.25) is 0 Å². The molecule has 0 amide bonds. The minimum Gasteiger partial charge on any atom is -0.301 e. The molecule has 3 aromatic carbocycles. The molecule has 1 heterocycles. The Morgan fingerprint density at radius 1 is 0.882 bits per heavy atom. The topological polar surface area (TPSA) is 18.5 Å². The first kappa shape index (κ1) is 24.5. The van der Waals surface area contributed by atoms with Crippen LogP contribution in [0.5, 0.6) is 0 Å². The Bertz CT molecular complexity index is 974. The molecule has 3 aromatic rings. The molecule has 4 rings (SSSR count). The van der Waals surface area contributed by atoms with Crippen molar-refractivity contribution in [3.63, 3.8) is 0 Å². The number of hydrogen-bond acceptors (Lipinski definition) is 3. The summed E-state index contributed by atoms with van der Waals surface area (Å²) in [4.78, 5) is 5.00. The van der Waals surface area contributed by atoms with E-state index in [1.165, 1.54) is 29.8 Å². The lowest BCUT2D eigenvalue weighted by atomic mass is 9.81. The molecule has 0 aliphatic carbocycles. The number of piperazine rings is 1. The van der Waals surface area contributed by atoms with E-state index in [0.717, 1.165) is 56.9 Å². The number of hydrogen-bond donors (Lipinski definition) is 1. The van der Waals surface area contributed by atoms with Gasteiger partial charge in [-0.15, -0.1) is 0 Å². The van der Waals surface area contributed by atoms with Crippen LogP contribution in [0.4, 0.5) is 8.78 Å². The Morgan fingerprint density at radius 2 is 1.47 bits per heavy atom. The highest BCUT2D eigenvalue weighted by atomic mass is 19.1. The van der Waals surface area contributed by atoms with Gasteiger partial charge in [0, 0.05) is 45.8 Å². The average molecular weight is 464 g/mol. The van der Waals surface area contributed by atoms with Crippen molar-refractivity contribution in [3.05, 3.63) is 107 Å². The fourth-order valence-electron chi connectivity index (χ4n) is 4.99. The summed E-state index contributed by atoms with van der Waals surface area (Å²) in [7, 11) is 0. The maximum absolute atomic E-state index is 13.7. The van der Waals surface area contributed by atoms with Crippen LogP contribution in [0.1, 0.15) is 30.5 Å². The van der Waals surface area contributed by atoms with Crippen LogP contribution in [-0.2, 0) is 12.1 Å². The van der Waals surface area contributed by atoms with Crippen molar-refractivity contribution in [2.24, 2.45) is 5.92 Å². The smallest absolute Gasteiger partial charge is 0.123 e. The molecule has 1 fully saturated rings. The van der Waals surface area contributed by atoms with Gasteiger partial charge in [-0.2, -0.15) is 0 Å². The highest BCUT2D eigenvalue weighted by Crippen LogP contribution is 2.33. The lowest BCUT2D eigenvalue weighted by Gasteiger charge is -2.45. The van der Waals surface area contributed by atoms with E-state index >= 15 is 0 Å². The van der Waals surface area contributed by atoms with Crippen LogP contribution in [0.3, 0.4) is 0 Å². The van der Waals surface area contributed by atoms with Crippen molar-refractivity contribution in [1.29, 1.82) is 0 Å². The van der Waals surface area contributed by atoms with Gasteiger partial charge < -0.3 is 5.32 Å². The number of benzene rings is 3. The Kier molecular flexibility index (Phi) is 8.09. The minimum atomic E-state index is -0.512. The van der Waals surface area contributed by atoms with Crippen molar-refractivity contribution in [2.75, 3.05) is 39.3 Å². The van der Waals surface area contributed by atoms with E-state index in [1.54, 1.807) is 0 Å². The minimum absolute atomic E-state index is 0.254. The molecule has 3 nitrogen and oxygen atoms in total. The zero-order valence-corrected chi connectivity index (χ0v) is 20.2. The molecule has 5 heteroatoms. The maximum Gasteiger partial charge on any atom is 0.123 e. The average Bonchev–Trinajstić information content (AvgIpc) is 2.84. The largest absolute Gasteiger partial charge is 0.301 e. The zero-order valence-electron chi connectivity index (χ0n) is 20.2. The highest BCUT2D eigenvalue weighted by molar-refractivity contribution is 5.40. The maximum atomic E-state index is 13.7. The van der Waals surface area contributed by atoms with Crippen molar-refractivity contribution >= 4 is 0 Å². The Labute approximate surface area is 202 Å². The van der Waals surface area contributed by atoms with E-state index in [1.807, 2.05) is 24.3 Å². The number of nitrogens with one attached hydrogen (secondary N) is 1. The number of halogens is 2. The van der Waals surface area contributed by atoms with Gasteiger partial charge in [-0.05, 0) is 46.9 Å². The van der Waals surface area contributed by atoms with E-state index in [9.17, 15) is 8.78 Å². The molecule has 1 saturated heterocycles. The Balaban J connectivity index is 1.53. The lowest BCUT2D eigenvalue weighted by Crippen LogP contribution is -2.59. The van der Waals surface area contributed by atoms with Crippen LogP contribution >= 0.6 is 0 Å². The first-order valence-corrected chi connectivity index (χ1v) is 12.2. The standard InChI is InChI=1S/C29H35F2N3/c1-23(2)20-34(21-24-6-4-3-5-7-24)19-18-33-17-16-32-29(22-33,25-8-12-27(30)13-9-25)26-10-14-28(31)15-11-26/h3-15,23,32H,16-22H2,1-2H3. The summed E-state index contributed by atoms with van der Waals surface area (Å²) in [5.74, 6) is 0.0797. The molecular formula is C29H35F2N3. The Hall–Kier alpha value is -2.60. The molecule has 34 heavy (non-hydrogen) atoms. The molecule has 0 aromatic heterocycles. The fourth-order valence-corrected chi connectivity index (χ4v) is 4.99. The van der Waals surface area contributed by atoms with Crippen LogP contribution in [0.15, 0.2) is 78.9 Å². The van der Waals surface area contributed by atoms with Crippen LogP contribution in [0, 0.1) is 17.6 Å². The normalized spacial score (nSPS) is 16.3. The van der Waals surface area contributed by atoms with Gasteiger partial charge in [0.25, 0.3) is 0 Å². The lowest BCUT2D eigenvalue weighted by molar-refractivity contribution is 0.128. The van der Waals surface area contributed by atoms with E-state index in [2.05, 4.69) is 59.3 Å². The Morgan fingerprint density at radius 3 is 2.03 bits per heavy atom. The van der Waals surface area contributed by atoms with Crippen molar-refractivity contribution in [2.45, 2.75) is 25.9 Å². The first-order chi connectivity index (χ1) is 16.4. The first-order valence-electron chi connectivity index (χ1n) is 12.2. The third-order valence-corrected chi connectivity index (χ3v) is 6.59. The molecule has 0 unspecified atom stereocenters. The number of nitrogens with zero attached hydrogens (tertiary/aromatic N) is 2. The summed E-state index contributed by atoms with van der Waals surface area (Å²) < 4.78 is 27.4. The summed E-state index contributed by atoms with van der Waals surface area (Å²) in [6.45, 7) is 10.9. The van der Waals surface area contributed by atoms with Crippen molar-refractivity contribution in [1.82, 2.24) is 15.1 Å². The number of rotatable bonds is 9. The third-order valence-electron chi connectivity index (χ3n) is 6.59. The van der Waals surface area contributed by atoms with Gasteiger partial charge in [-0.3, -0.25) is 9.80 Å². The predicted molar refractivity (Wildman–Crippen MR) is 135 cm³/mol. The second-order valence-electron chi connectivity index (χ2n) is 9.74. The highest BCUT2D eigenvalue weighted by Gasteiger charge is 2.38. The van der Waals surface area contributed by atoms with Crippen LogP contribution in [0.25, 0.3) is 0 Å². The SMILES string of the molecule is CC(C)CN(CCN1CCNC(c2ccc(F)cc2)(c2ccc(F)cc2)C1)Cc1ccccc1. The molecule has 180 valence electrons. The van der Waals surface area contributed by atoms with Gasteiger partial charge in [-0.25, -0.2) is 8.78 Å². The molecule has 0 saturated carbocycles. The molecule has 0 radical (unpaired) electrons. The molecule has 1 aliphatic heterocycles. The molecule has 0 bridgehead atoms.